The molecule has 1 atom stereocenters. The summed E-state index contributed by atoms with van der Waals surface area (Å²) in [5.41, 5.74) is 3.10. The Hall–Kier alpha value is -1.76. The van der Waals surface area contributed by atoms with Crippen LogP contribution in [-0.2, 0) is 0 Å². The van der Waals surface area contributed by atoms with Crippen LogP contribution in [0.3, 0.4) is 0 Å². The summed E-state index contributed by atoms with van der Waals surface area (Å²) in [5.74, 6) is 0.905. The van der Waals surface area contributed by atoms with E-state index in [-0.39, 0.29) is 0 Å². The van der Waals surface area contributed by atoms with Crippen molar-refractivity contribution in [2.24, 2.45) is 0 Å². The maximum absolute atomic E-state index is 10.6. The van der Waals surface area contributed by atoms with E-state index in [0.717, 1.165) is 36.0 Å². The van der Waals surface area contributed by atoms with Crippen LogP contribution in [0.1, 0.15) is 44.6 Å². The normalized spacial score (nSPS) is 12.3. The molecule has 0 saturated carbocycles. The Kier molecular flexibility index (Phi) is 4.62. The molecule has 1 N–H and O–H groups in total. The van der Waals surface area contributed by atoms with Crippen LogP contribution in [0.2, 0.25) is 0 Å². The molecular formula is C18H22O. The van der Waals surface area contributed by atoms with Gasteiger partial charge in [0.1, 0.15) is 5.75 Å². The second-order valence-electron chi connectivity index (χ2n) is 5.00. The molecule has 2 aromatic carbocycles. The second kappa shape index (κ2) is 6.42. The van der Waals surface area contributed by atoms with Crippen LogP contribution in [-0.4, -0.2) is 5.11 Å². The summed E-state index contributed by atoms with van der Waals surface area (Å²) in [5, 5.41) is 10.6. The van der Waals surface area contributed by atoms with Crippen molar-refractivity contribution in [3.8, 4) is 16.9 Å². The van der Waals surface area contributed by atoms with E-state index >= 15 is 0 Å². The summed E-state index contributed by atoms with van der Waals surface area (Å²) in [6, 6.07) is 16.2. The fraction of sp³-hybridized carbons (Fsp3) is 0.333. The van der Waals surface area contributed by atoms with Crippen molar-refractivity contribution in [2.45, 2.75) is 39.0 Å². The predicted octanol–water partition coefficient (Wildman–Crippen LogP) is 5.35. The molecule has 100 valence electrons. The minimum atomic E-state index is 0.452. The predicted molar refractivity (Wildman–Crippen MR) is 81.5 cm³/mol. The van der Waals surface area contributed by atoms with Gasteiger partial charge in [-0.05, 0) is 29.9 Å². The van der Waals surface area contributed by atoms with E-state index < -0.39 is 0 Å². The lowest BCUT2D eigenvalue weighted by molar-refractivity contribution is 0.456. The number of phenolic OH excluding ortho intramolecular Hbond substituents is 1. The van der Waals surface area contributed by atoms with Crippen molar-refractivity contribution in [3.05, 3.63) is 54.1 Å². The molecule has 0 fully saturated rings. The summed E-state index contributed by atoms with van der Waals surface area (Å²) in [6.45, 7) is 4.38. The summed E-state index contributed by atoms with van der Waals surface area (Å²) in [4.78, 5) is 0. The van der Waals surface area contributed by atoms with Crippen LogP contribution in [0.15, 0.2) is 48.5 Å². The zero-order valence-corrected chi connectivity index (χ0v) is 11.8. The Bertz CT molecular complexity index is 516. The molecule has 1 nitrogen and oxygen atoms in total. The highest BCUT2D eigenvalue weighted by atomic mass is 16.3. The van der Waals surface area contributed by atoms with E-state index in [1.54, 1.807) is 0 Å². The second-order valence-corrected chi connectivity index (χ2v) is 5.00. The largest absolute Gasteiger partial charge is 0.507 e. The van der Waals surface area contributed by atoms with Crippen molar-refractivity contribution >= 4 is 0 Å². The van der Waals surface area contributed by atoms with Crippen LogP contribution in [0.4, 0.5) is 0 Å². The Balaban J connectivity index is 2.43. The van der Waals surface area contributed by atoms with Crippen LogP contribution in [0, 0.1) is 0 Å². The summed E-state index contributed by atoms with van der Waals surface area (Å²) >= 11 is 0. The first kappa shape index (κ1) is 13.7. The fourth-order valence-corrected chi connectivity index (χ4v) is 2.67. The molecule has 0 aliphatic rings. The highest BCUT2D eigenvalue weighted by Gasteiger charge is 2.15. The Labute approximate surface area is 115 Å². The quantitative estimate of drug-likeness (QED) is 0.762. The average molecular weight is 254 g/mol. The minimum absolute atomic E-state index is 0.452. The van der Waals surface area contributed by atoms with Crippen LogP contribution in [0.25, 0.3) is 11.1 Å². The third kappa shape index (κ3) is 2.98. The lowest BCUT2D eigenvalue weighted by atomic mass is 9.89. The SMILES string of the molecule is CCCC(CC)c1cccc(-c2ccccc2)c1O. The van der Waals surface area contributed by atoms with Gasteiger partial charge in [0.15, 0.2) is 0 Å². The lowest BCUT2D eigenvalue weighted by Crippen LogP contribution is -1.98. The third-order valence-corrected chi connectivity index (χ3v) is 3.72. The molecule has 0 aliphatic carbocycles. The minimum Gasteiger partial charge on any atom is -0.507 e. The monoisotopic (exact) mass is 254 g/mol. The molecule has 2 rings (SSSR count). The summed E-state index contributed by atoms with van der Waals surface area (Å²) in [6.07, 6.45) is 3.34. The van der Waals surface area contributed by atoms with E-state index in [1.807, 2.05) is 36.4 Å². The Morgan fingerprint density at radius 2 is 1.68 bits per heavy atom. The molecule has 0 bridgehead atoms. The number of phenols is 1. The van der Waals surface area contributed by atoms with Crippen molar-refractivity contribution in [1.82, 2.24) is 0 Å². The highest BCUT2D eigenvalue weighted by molar-refractivity contribution is 5.71. The number of benzene rings is 2. The number of hydrogen-bond acceptors (Lipinski definition) is 1. The molecule has 1 unspecified atom stereocenters. The molecule has 0 aliphatic heterocycles. The third-order valence-electron chi connectivity index (χ3n) is 3.72. The maximum atomic E-state index is 10.6. The first-order valence-corrected chi connectivity index (χ1v) is 7.15. The standard InChI is InChI=1S/C18H22O/c1-3-9-14(4-2)16-12-8-13-17(18(16)19)15-10-6-5-7-11-15/h5-8,10-14,19H,3-4,9H2,1-2H3. The molecule has 0 aromatic heterocycles. The highest BCUT2D eigenvalue weighted by Crippen LogP contribution is 2.38. The van der Waals surface area contributed by atoms with E-state index in [2.05, 4.69) is 26.0 Å². The van der Waals surface area contributed by atoms with Gasteiger partial charge in [0.25, 0.3) is 0 Å². The van der Waals surface area contributed by atoms with Crippen molar-refractivity contribution in [3.63, 3.8) is 0 Å². The van der Waals surface area contributed by atoms with Gasteiger partial charge in [0.05, 0.1) is 0 Å². The van der Waals surface area contributed by atoms with E-state index in [0.29, 0.717) is 11.7 Å². The van der Waals surface area contributed by atoms with Gasteiger partial charge in [-0.25, -0.2) is 0 Å². The molecular weight excluding hydrogens is 232 g/mol. The average Bonchev–Trinajstić information content (AvgIpc) is 2.46. The molecule has 0 spiro atoms. The number of rotatable bonds is 5. The first-order valence-electron chi connectivity index (χ1n) is 7.15. The molecule has 0 radical (unpaired) electrons. The van der Waals surface area contributed by atoms with Crippen LogP contribution < -0.4 is 0 Å². The van der Waals surface area contributed by atoms with Gasteiger partial charge >= 0.3 is 0 Å². The van der Waals surface area contributed by atoms with Gasteiger partial charge in [-0.15, -0.1) is 0 Å². The Morgan fingerprint density at radius 3 is 2.32 bits per heavy atom. The van der Waals surface area contributed by atoms with Gasteiger partial charge in [-0.1, -0.05) is 68.8 Å². The summed E-state index contributed by atoms with van der Waals surface area (Å²) < 4.78 is 0. The smallest absolute Gasteiger partial charge is 0.126 e. The zero-order valence-electron chi connectivity index (χ0n) is 11.8. The topological polar surface area (TPSA) is 20.2 Å². The van der Waals surface area contributed by atoms with Gasteiger partial charge in [-0.3, -0.25) is 0 Å². The number of para-hydroxylation sites is 1. The lowest BCUT2D eigenvalue weighted by Gasteiger charge is -2.18. The zero-order chi connectivity index (χ0) is 13.7. The first-order chi connectivity index (χ1) is 9.27. The van der Waals surface area contributed by atoms with Gasteiger partial charge in [0, 0.05) is 5.56 Å². The molecule has 2 aromatic rings. The van der Waals surface area contributed by atoms with Gasteiger partial charge < -0.3 is 5.11 Å². The fourth-order valence-electron chi connectivity index (χ4n) is 2.67. The summed E-state index contributed by atoms with van der Waals surface area (Å²) in [7, 11) is 0. The van der Waals surface area contributed by atoms with E-state index in [1.165, 1.54) is 0 Å². The van der Waals surface area contributed by atoms with Crippen molar-refractivity contribution in [1.29, 1.82) is 0 Å². The number of hydrogen-bond donors (Lipinski definition) is 1. The van der Waals surface area contributed by atoms with Crippen molar-refractivity contribution in [2.75, 3.05) is 0 Å². The van der Waals surface area contributed by atoms with Gasteiger partial charge in [-0.2, -0.15) is 0 Å². The van der Waals surface area contributed by atoms with E-state index in [4.69, 9.17) is 0 Å². The molecule has 0 heterocycles. The Morgan fingerprint density at radius 1 is 0.947 bits per heavy atom. The van der Waals surface area contributed by atoms with Crippen molar-refractivity contribution < 1.29 is 5.11 Å². The number of aromatic hydroxyl groups is 1. The van der Waals surface area contributed by atoms with E-state index in [9.17, 15) is 5.11 Å². The van der Waals surface area contributed by atoms with Crippen LogP contribution >= 0.6 is 0 Å². The van der Waals surface area contributed by atoms with Gasteiger partial charge in [0.2, 0.25) is 0 Å². The molecule has 0 saturated heterocycles. The van der Waals surface area contributed by atoms with Crippen LogP contribution in [0.5, 0.6) is 5.75 Å². The molecule has 19 heavy (non-hydrogen) atoms. The molecule has 0 amide bonds. The molecule has 1 heteroatoms. The maximum Gasteiger partial charge on any atom is 0.126 e.